The summed E-state index contributed by atoms with van der Waals surface area (Å²) < 4.78 is 0. The second-order valence-corrected chi connectivity index (χ2v) is 6.84. The summed E-state index contributed by atoms with van der Waals surface area (Å²) in [5.74, 6) is 0. The molecule has 1 aromatic heterocycles. The van der Waals surface area contributed by atoms with Crippen molar-refractivity contribution in [1.29, 1.82) is 0 Å². The van der Waals surface area contributed by atoms with Crippen LogP contribution in [0.15, 0.2) is 40.6 Å². The minimum Gasteiger partial charge on any atom is -0.327 e. The van der Waals surface area contributed by atoms with E-state index in [0.29, 0.717) is 5.25 Å². The highest BCUT2D eigenvalue weighted by molar-refractivity contribution is 7.99. The van der Waals surface area contributed by atoms with Gasteiger partial charge in [-0.2, -0.15) is 0 Å². The molecular formula is C15H19NS2. The lowest BCUT2D eigenvalue weighted by Gasteiger charge is -2.20. The maximum atomic E-state index is 6.15. The number of thiophene rings is 1. The SMILES string of the molecule is Cc1ccc(C)c(SC(c2cccs2)C(C)N)c1. The van der Waals surface area contributed by atoms with Crippen LogP contribution in [0, 0.1) is 13.8 Å². The Morgan fingerprint density at radius 2 is 2.00 bits per heavy atom. The predicted molar refractivity (Wildman–Crippen MR) is 82.5 cm³/mol. The second kappa shape index (κ2) is 5.91. The Morgan fingerprint density at radius 1 is 1.22 bits per heavy atom. The molecule has 2 atom stereocenters. The third kappa shape index (κ3) is 3.16. The van der Waals surface area contributed by atoms with Crippen molar-refractivity contribution >= 4 is 23.1 Å². The Kier molecular flexibility index (Phi) is 4.49. The second-order valence-electron chi connectivity index (χ2n) is 4.68. The van der Waals surface area contributed by atoms with E-state index in [4.69, 9.17) is 5.73 Å². The molecule has 0 spiro atoms. The number of hydrogen-bond donors (Lipinski definition) is 1. The van der Waals surface area contributed by atoms with E-state index < -0.39 is 0 Å². The topological polar surface area (TPSA) is 26.0 Å². The number of rotatable bonds is 4. The molecule has 1 heterocycles. The third-order valence-electron chi connectivity index (χ3n) is 2.90. The number of benzene rings is 1. The zero-order valence-electron chi connectivity index (χ0n) is 11.0. The van der Waals surface area contributed by atoms with Gasteiger partial charge in [-0.3, -0.25) is 0 Å². The van der Waals surface area contributed by atoms with Gasteiger partial charge in [0.2, 0.25) is 0 Å². The highest BCUT2D eigenvalue weighted by Crippen LogP contribution is 2.40. The average Bonchev–Trinajstić information content (AvgIpc) is 2.83. The monoisotopic (exact) mass is 277 g/mol. The van der Waals surface area contributed by atoms with Crippen LogP contribution in [-0.2, 0) is 0 Å². The Hall–Kier alpha value is -0.770. The summed E-state index contributed by atoms with van der Waals surface area (Å²) in [4.78, 5) is 2.70. The van der Waals surface area contributed by atoms with Crippen LogP contribution < -0.4 is 5.73 Å². The molecule has 0 fully saturated rings. The molecule has 0 amide bonds. The molecular weight excluding hydrogens is 258 g/mol. The van der Waals surface area contributed by atoms with E-state index in [2.05, 4.69) is 56.5 Å². The summed E-state index contributed by atoms with van der Waals surface area (Å²) in [6, 6.07) is 11.0. The predicted octanol–water partition coefficient (Wildman–Crippen LogP) is 4.55. The lowest BCUT2D eigenvalue weighted by atomic mass is 10.2. The van der Waals surface area contributed by atoms with Crippen LogP contribution in [0.2, 0.25) is 0 Å². The number of nitrogens with two attached hydrogens (primary N) is 1. The van der Waals surface area contributed by atoms with E-state index in [9.17, 15) is 0 Å². The fourth-order valence-electron chi connectivity index (χ4n) is 1.85. The maximum Gasteiger partial charge on any atom is 0.0586 e. The molecule has 2 aromatic rings. The first-order valence-electron chi connectivity index (χ1n) is 6.11. The molecule has 0 saturated heterocycles. The zero-order chi connectivity index (χ0) is 13.1. The van der Waals surface area contributed by atoms with Gasteiger partial charge in [-0.1, -0.05) is 23.8 Å². The normalized spacial score (nSPS) is 14.4. The summed E-state index contributed by atoms with van der Waals surface area (Å²) in [5.41, 5.74) is 8.78. The summed E-state index contributed by atoms with van der Waals surface area (Å²) in [5, 5.41) is 2.46. The molecule has 0 saturated carbocycles. The Morgan fingerprint density at radius 3 is 2.61 bits per heavy atom. The lowest BCUT2D eigenvalue weighted by Crippen LogP contribution is -2.21. The quantitative estimate of drug-likeness (QED) is 0.830. The molecule has 18 heavy (non-hydrogen) atoms. The lowest BCUT2D eigenvalue weighted by molar-refractivity contribution is 0.730. The molecule has 1 nitrogen and oxygen atoms in total. The fraction of sp³-hybridized carbons (Fsp3) is 0.333. The highest BCUT2D eigenvalue weighted by Gasteiger charge is 2.19. The van der Waals surface area contributed by atoms with Crippen LogP contribution in [0.1, 0.15) is 28.2 Å². The number of aryl methyl sites for hydroxylation is 2. The van der Waals surface area contributed by atoms with Gasteiger partial charge < -0.3 is 5.73 Å². The van der Waals surface area contributed by atoms with Crippen LogP contribution in [0.5, 0.6) is 0 Å². The van der Waals surface area contributed by atoms with Crippen molar-refractivity contribution in [2.75, 3.05) is 0 Å². The molecule has 2 unspecified atom stereocenters. The minimum atomic E-state index is 0.147. The van der Waals surface area contributed by atoms with E-state index in [1.807, 2.05) is 11.8 Å². The van der Waals surface area contributed by atoms with Gasteiger partial charge in [-0.05, 0) is 43.8 Å². The van der Waals surface area contributed by atoms with Crippen molar-refractivity contribution in [3.05, 3.63) is 51.7 Å². The van der Waals surface area contributed by atoms with Crippen molar-refractivity contribution < 1.29 is 0 Å². The molecule has 0 aliphatic carbocycles. The van der Waals surface area contributed by atoms with Gasteiger partial charge >= 0.3 is 0 Å². The van der Waals surface area contributed by atoms with Crippen LogP contribution >= 0.6 is 23.1 Å². The number of hydrogen-bond acceptors (Lipinski definition) is 3. The largest absolute Gasteiger partial charge is 0.327 e. The van der Waals surface area contributed by atoms with Gasteiger partial charge in [0.1, 0.15) is 0 Å². The molecule has 3 heteroatoms. The van der Waals surface area contributed by atoms with Crippen LogP contribution in [0.4, 0.5) is 0 Å². The van der Waals surface area contributed by atoms with E-state index in [-0.39, 0.29) is 6.04 Å². The van der Waals surface area contributed by atoms with Crippen molar-refractivity contribution in [1.82, 2.24) is 0 Å². The van der Waals surface area contributed by atoms with Gasteiger partial charge in [-0.15, -0.1) is 23.1 Å². The smallest absolute Gasteiger partial charge is 0.0586 e. The average molecular weight is 277 g/mol. The van der Waals surface area contributed by atoms with E-state index in [0.717, 1.165) is 0 Å². The molecule has 2 rings (SSSR count). The summed E-state index contributed by atoms with van der Waals surface area (Å²) >= 11 is 3.67. The number of thioether (sulfide) groups is 1. The van der Waals surface area contributed by atoms with E-state index in [1.54, 1.807) is 11.3 Å². The van der Waals surface area contributed by atoms with Crippen molar-refractivity contribution in [2.24, 2.45) is 5.73 Å². The minimum absolute atomic E-state index is 0.147. The Labute approximate surface area is 117 Å². The molecule has 0 aliphatic heterocycles. The van der Waals surface area contributed by atoms with Crippen LogP contribution in [-0.4, -0.2) is 6.04 Å². The van der Waals surface area contributed by atoms with Gasteiger partial charge in [0.15, 0.2) is 0 Å². The fourth-order valence-corrected chi connectivity index (χ4v) is 4.17. The summed E-state index contributed by atoms with van der Waals surface area (Å²) in [6.45, 7) is 6.38. The molecule has 0 radical (unpaired) electrons. The summed E-state index contributed by atoms with van der Waals surface area (Å²) in [7, 11) is 0. The maximum absolute atomic E-state index is 6.15. The van der Waals surface area contributed by atoms with Gasteiger partial charge in [0.05, 0.1) is 5.25 Å². The van der Waals surface area contributed by atoms with Crippen molar-refractivity contribution in [3.8, 4) is 0 Å². The third-order valence-corrected chi connectivity index (χ3v) is 5.63. The molecule has 2 N–H and O–H groups in total. The molecule has 1 aromatic carbocycles. The Bertz CT molecular complexity index is 503. The Balaban J connectivity index is 2.27. The first kappa shape index (κ1) is 13.7. The van der Waals surface area contributed by atoms with Crippen LogP contribution in [0.3, 0.4) is 0 Å². The van der Waals surface area contributed by atoms with Crippen LogP contribution in [0.25, 0.3) is 0 Å². The standard InChI is InChI=1S/C15H19NS2/c1-10-6-7-11(2)14(9-10)18-15(12(3)16)13-5-4-8-17-13/h4-9,12,15H,16H2,1-3H3. The first-order valence-corrected chi connectivity index (χ1v) is 7.87. The van der Waals surface area contributed by atoms with Gasteiger partial charge in [0.25, 0.3) is 0 Å². The molecule has 96 valence electrons. The zero-order valence-corrected chi connectivity index (χ0v) is 12.6. The van der Waals surface area contributed by atoms with Crippen molar-refractivity contribution in [3.63, 3.8) is 0 Å². The first-order chi connectivity index (χ1) is 8.58. The van der Waals surface area contributed by atoms with Gasteiger partial charge in [-0.25, -0.2) is 0 Å². The highest BCUT2D eigenvalue weighted by atomic mass is 32.2. The van der Waals surface area contributed by atoms with E-state index >= 15 is 0 Å². The van der Waals surface area contributed by atoms with E-state index in [1.165, 1.54) is 20.9 Å². The van der Waals surface area contributed by atoms with Gasteiger partial charge in [0, 0.05) is 15.8 Å². The molecule has 0 aliphatic rings. The van der Waals surface area contributed by atoms with Crippen molar-refractivity contribution in [2.45, 2.75) is 37.0 Å². The summed E-state index contributed by atoms with van der Waals surface area (Å²) in [6.07, 6.45) is 0. The molecule has 0 bridgehead atoms.